The molecule has 0 atom stereocenters. The minimum atomic E-state index is -0.0534. The first kappa shape index (κ1) is 26.3. The lowest BCUT2D eigenvalue weighted by Crippen LogP contribution is -2.34. The van der Waals surface area contributed by atoms with Crippen molar-refractivity contribution in [2.24, 2.45) is 0 Å². The van der Waals surface area contributed by atoms with Crippen LogP contribution < -0.4 is 10.2 Å². The van der Waals surface area contributed by atoms with E-state index in [0.29, 0.717) is 23.6 Å². The molecule has 2 aliphatic heterocycles. The molecule has 1 fully saturated rings. The molecule has 196 valence electrons. The van der Waals surface area contributed by atoms with Gasteiger partial charge in [0.2, 0.25) is 0 Å². The molecular formula is C32H35N3O2S. The molecule has 0 saturated carbocycles. The predicted octanol–water partition coefficient (Wildman–Crippen LogP) is 6.20. The number of amides is 2. The number of benzene rings is 3. The Kier molecular flexibility index (Phi) is 8.30. The Labute approximate surface area is 229 Å². The topological polar surface area (TPSA) is 52.7 Å². The fraction of sp³-hybridized carbons (Fsp3) is 0.312. The first-order chi connectivity index (χ1) is 18.5. The zero-order valence-electron chi connectivity index (χ0n) is 22.2. The van der Waals surface area contributed by atoms with E-state index in [-0.39, 0.29) is 11.8 Å². The van der Waals surface area contributed by atoms with Crippen molar-refractivity contribution >= 4 is 35.3 Å². The molecule has 2 amide bonds. The van der Waals surface area contributed by atoms with Gasteiger partial charge in [-0.1, -0.05) is 59.8 Å². The average molecular weight is 526 g/mol. The standard InChI is InChI=1S/C32H35N3O2S/c1-23-10-11-24(2)27(20-23)22-35-28-8-3-4-9-29(28)38-30(32(35)37)21-25-12-14-26(15-13-25)31(36)33-16-7-19-34-17-5-6-18-34/h3-4,8-15,20-21H,5-7,16-19,22H2,1-2H3,(H,33,36). The van der Waals surface area contributed by atoms with Crippen molar-refractivity contribution in [1.82, 2.24) is 10.2 Å². The molecule has 1 saturated heterocycles. The zero-order chi connectivity index (χ0) is 26.5. The Balaban J connectivity index is 1.28. The number of fused-ring (bicyclic) bond motifs is 1. The number of thioether (sulfide) groups is 1. The van der Waals surface area contributed by atoms with Crippen LogP contribution in [0.1, 0.15) is 51.9 Å². The maximum absolute atomic E-state index is 13.7. The number of nitrogens with one attached hydrogen (secondary N) is 1. The van der Waals surface area contributed by atoms with Crippen LogP contribution in [0.3, 0.4) is 0 Å². The zero-order valence-corrected chi connectivity index (χ0v) is 23.0. The highest BCUT2D eigenvalue weighted by molar-refractivity contribution is 8.04. The van der Waals surface area contributed by atoms with E-state index in [4.69, 9.17) is 0 Å². The number of carbonyl (C=O) groups is 2. The number of carbonyl (C=O) groups excluding carboxylic acids is 2. The Morgan fingerprint density at radius 1 is 1.00 bits per heavy atom. The summed E-state index contributed by atoms with van der Waals surface area (Å²) in [5, 5.41) is 3.03. The monoisotopic (exact) mass is 525 g/mol. The van der Waals surface area contributed by atoms with Crippen LogP contribution in [0.15, 0.2) is 76.5 Å². The summed E-state index contributed by atoms with van der Waals surface area (Å²) in [5.74, 6) is -0.0585. The van der Waals surface area contributed by atoms with Crippen LogP contribution in [-0.2, 0) is 11.3 Å². The van der Waals surface area contributed by atoms with Gasteiger partial charge in [0.05, 0.1) is 17.1 Å². The number of nitrogens with zero attached hydrogens (tertiary/aromatic N) is 2. The number of para-hydroxylation sites is 1. The molecule has 3 aromatic carbocycles. The fourth-order valence-electron chi connectivity index (χ4n) is 5.06. The highest BCUT2D eigenvalue weighted by atomic mass is 32.2. The van der Waals surface area contributed by atoms with Gasteiger partial charge in [0, 0.05) is 17.0 Å². The summed E-state index contributed by atoms with van der Waals surface area (Å²) in [7, 11) is 0. The van der Waals surface area contributed by atoms with Crippen molar-refractivity contribution in [3.8, 4) is 0 Å². The second kappa shape index (κ2) is 12.0. The van der Waals surface area contributed by atoms with E-state index >= 15 is 0 Å². The molecule has 0 spiro atoms. The minimum Gasteiger partial charge on any atom is -0.352 e. The largest absolute Gasteiger partial charge is 0.352 e. The lowest BCUT2D eigenvalue weighted by molar-refractivity contribution is -0.114. The number of hydrogen-bond donors (Lipinski definition) is 1. The van der Waals surface area contributed by atoms with E-state index in [9.17, 15) is 9.59 Å². The molecule has 0 radical (unpaired) electrons. The lowest BCUT2D eigenvalue weighted by Gasteiger charge is -2.31. The number of hydrogen-bond acceptors (Lipinski definition) is 4. The van der Waals surface area contributed by atoms with Crippen molar-refractivity contribution in [3.05, 3.63) is 99.5 Å². The van der Waals surface area contributed by atoms with Gasteiger partial charge in [0.25, 0.3) is 11.8 Å². The Morgan fingerprint density at radius 3 is 2.55 bits per heavy atom. The molecule has 0 bridgehead atoms. The third-order valence-electron chi connectivity index (χ3n) is 7.27. The highest BCUT2D eigenvalue weighted by Crippen LogP contribution is 2.42. The molecule has 5 nitrogen and oxygen atoms in total. The van der Waals surface area contributed by atoms with E-state index in [1.54, 1.807) is 0 Å². The number of anilines is 1. The molecule has 5 rings (SSSR count). The van der Waals surface area contributed by atoms with E-state index in [1.807, 2.05) is 53.4 Å². The van der Waals surface area contributed by atoms with Crippen LogP contribution in [0.4, 0.5) is 5.69 Å². The molecule has 0 aliphatic carbocycles. The van der Waals surface area contributed by atoms with Gasteiger partial charge in [0.1, 0.15) is 0 Å². The maximum Gasteiger partial charge on any atom is 0.265 e. The molecule has 0 aromatic heterocycles. The molecule has 38 heavy (non-hydrogen) atoms. The van der Waals surface area contributed by atoms with Crippen LogP contribution in [0, 0.1) is 13.8 Å². The summed E-state index contributed by atoms with van der Waals surface area (Å²) < 4.78 is 0. The number of rotatable bonds is 8. The normalized spacial score (nSPS) is 16.6. The van der Waals surface area contributed by atoms with Gasteiger partial charge in [-0.05, 0) is 99.8 Å². The van der Waals surface area contributed by atoms with Gasteiger partial charge in [-0.15, -0.1) is 0 Å². The van der Waals surface area contributed by atoms with Gasteiger partial charge < -0.3 is 15.1 Å². The van der Waals surface area contributed by atoms with Crippen LogP contribution in [-0.4, -0.2) is 42.9 Å². The van der Waals surface area contributed by atoms with Crippen molar-refractivity contribution < 1.29 is 9.59 Å². The van der Waals surface area contributed by atoms with Crippen molar-refractivity contribution in [1.29, 1.82) is 0 Å². The first-order valence-corrected chi connectivity index (χ1v) is 14.3. The van der Waals surface area contributed by atoms with Crippen molar-refractivity contribution in [3.63, 3.8) is 0 Å². The second-order valence-corrected chi connectivity index (χ2v) is 11.3. The Hall–Kier alpha value is -3.35. The van der Waals surface area contributed by atoms with Crippen molar-refractivity contribution in [2.45, 2.75) is 44.6 Å². The molecule has 1 N–H and O–H groups in total. The predicted molar refractivity (Wildman–Crippen MR) is 156 cm³/mol. The Bertz CT molecular complexity index is 1340. The van der Waals surface area contributed by atoms with Gasteiger partial charge in [-0.3, -0.25) is 9.59 Å². The first-order valence-electron chi connectivity index (χ1n) is 13.4. The number of likely N-dealkylation sites (tertiary alicyclic amines) is 1. The average Bonchev–Trinajstić information content (AvgIpc) is 3.45. The summed E-state index contributed by atoms with van der Waals surface area (Å²) in [6, 6.07) is 21.9. The third kappa shape index (κ3) is 6.20. The van der Waals surface area contributed by atoms with E-state index in [1.165, 1.54) is 48.8 Å². The van der Waals surface area contributed by atoms with Gasteiger partial charge in [-0.2, -0.15) is 0 Å². The van der Waals surface area contributed by atoms with Gasteiger partial charge in [-0.25, -0.2) is 0 Å². The molecule has 2 heterocycles. The van der Waals surface area contributed by atoms with Gasteiger partial charge in [0.15, 0.2) is 0 Å². The second-order valence-electron chi connectivity index (χ2n) is 10.2. The maximum atomic E-state index is 13.7. The van der Waals surface area contributed by atoms with Crippen LogP contribution in [0.25, 0.3) is 6.08 Å². The van der Waals surface area contributed by atoms with E-state index in [2.05, 4.69) is 48.3 Å². The molecular weight excluding hydrogens is 490 g/mol. The molecule has 6 heteroatoms. The lowest BCUT2D eigenvalue weighted by atomic mass is 10.0. The highest BCUT2D eigenvalue weighted by Gasteiger charge is 2.29. The fourth-order valence-corrected chi connectivity index (χ4v) is 6.11. The smallest absolute Gasteiger partial charge is 0.265 e. The number of aryl methyl sites for hydroxylation is 2. The quantitative estimate of drug-likeness (QED) is 0.281. The van der Waals surface area contributed by atoms with Crippen LogP contribution >= 0.6 is 11.8 Å². The summed E-state index contributed by atoms with van der Waals surface area (Å²) in [6.07, 6.45) is 5.47. The van der Waals surface area contributed by atoms with Gasteiger partial charge >= 0.3 is 0 Å². The SMILES string of the molecule is Cc1ccc(C)c(CN2C(=O)C(=Cc3ccc(C(=O)NCCCN4CCCC4)cc3)Sc3ccccc32)c1. The van der Waals surface area contributed by atoms with Crippen LogP contribution in [0.2, 0.25) is 0 Å². The third-order valence-corrected chi connectivity index (χ3v) is 8.35. The van der Waals surface area contributed by atoms with Crippen LogP contribution in [0.5, 0.6) is 0 Å². The Morgan fingerprint density at radius 2 is 1.76 bits per heavy atom. The molecule has 3 aromatic rings. The summed E-state index contributed by atoms with van der Waals surface area (Å²) >= 11 is 1.50. The molecule has 0 unspecified atom stereocenters. The minimum absolute atomic E-state index is 0.00516. The summed E-state index contributed by atoms with van der Waals surface area (Å²) in [4.78, 5) is 32.3. The molecule has 2 aliphatic rings. The van der Waals surface area contributed by atoms with Crippen molar-refractivity contribution in [2.75, 3.05) is 31.1 Å². The summed E-state index contributed by atoms with van der Waals surface area (Å²) in [5.41, 5.74) is 5.99. The van der Waals surface area contributed by atoms with E-state index < -0.39 is 0 Å². The van der Waals surface area contributed by atoms with E-state index in [0.717, 1.165) is 34.7 Å². The summed E-state index contributed by atoms with van der Waals surface area (Å²) in [6.45, 7) is 8.78.